The average molecular weight is 399 g/mol. The number of carboxylic acid groups (broad SMARTS) is 1. The van der Waals surface area contributed by atoms with Gasteiger partial charge in [-0.3, -0.25) is 9.59 Å². The van der Waals surface area contributed by atoms with Gasteiger partial charge in [0.15, 0.2) is 0 Å². The Bertz CT molecular complexity index is 855. The standard InChI is InChI=1S/C16H21N3O7S/c1-18-9-11(8-13(18)20)17-15(21)10-4-6-19(7-5-10)27(24,25)14-3-2-12(26-14)16(22)23/h2-3,10-11H,4-9H2,1H3,(H,17,21)(H,22,23). The monoisotopic (exact) mass is 399 g/mol. The Hall–Kier alpha value is -2.40. The first kappa shape index (κ1) is 19.4. The lowest BCUT2D eigenvalue weighted by Gasteiger charge is -2.30. The van der Waals surface area contributed by atoms with Crippen LogP contribution in [0.3, 0.4) is 0 Å². The Labute approximate surface area is 156 Å². The zero-order valence-electron chi connectivity index (χ0n) is 14.8. The number of furan rings is 1. The molecular weight excluding hydrogens is 378 g/mol. The third-order valence-corrected chi connectivity index (χ3v) is 6.67. The molecule has 2 aliphatic rings. The van der Waals surface area contributed by atoms with Crippen LogP contribution < -0.4 is 5.32 Å². The number of rotatable bonds is 5. The number of carboxylic acids is 1. The minimum absolute atomic E-state index is 0.0135. The van der Waals surface area contributed by atoms with Crippen molar-refractivity contribution in [2.24, 2.45) is 5.92 Å². The topological polar surface area (TPSA) is 137 Å². The maximum absolute atomic E-state index is 12.5. The summed E-state index contributed by atoms with van der Waals surface area (Å²) in [6, 6.07) is 2.00. The maximum atomic E-state index is 12.5. The summed E-state index contributed by atoms with van der Waals surface area (Å²) in [7, 11) is -2.26. The van der Waals surface area contributed by atoms with E-state index in [4.69, 9.17) is 9.52 Å². The molecule has 1 aromatic rings. The molecule has 0 saturated carbocycles. The number of hydrogen-bond acceptors (Lipinski definition) is 6. The molecule has 10 nitrogen and oxygen atoms in total. The Morgan fingerprint density at radius 1 is 1.26 bits per heavy atom. The number of likely N-dealkylation sites (tertiary alicyclic amines) is 1. The summed E-state index contributed by atoms with van der Waals surface area (Å²) in [6.45, 7) is 0.738. The lowest BCUT2D eigenvalue weighted by Crippen LogP contribution is -2.45. The SMILES string of the molecule is CN1CC(NC(=O)C2CCN(S(=O)(=O)c3ccc(C(=O)O)o3)CC2)CC1=O. The number of likely N-dealkylation sites (N-methyl/N-ethyl adjacent to an activating group) is 1. The Morgan fingerprint density at radius 3 is 2.44 bits per heavy atom. The highest BCUT2D eigenvalue weighted by atomic mass is 32.2. The fourth-order valence-electron chi connectivity index (χ4n) is 3.34. The number of nitrogens with one attached hydrogen (secondary N) is 1. The summed E-state index contributed by atoms with van der Waals surface area (Å²) in [6.07, 6.45) is 0.960. The van der Waals surface area contributed by atoms with Crippen molar-refractivity contribution in [3.8, 4) is 0 Å². The molecule has 27 heavy (non-hydrogen) atoms. The van der Waals surface area contributed by atoms with Gasteiger partial charge in [0.1, 0.15) is 0 Å². The zero-order chi connectivity index (χ0) is 19.8. The van der Waals surface area contributed by atoms with Gasteiger partial charge >= 0.3 is 5.97 Å². The number of carbonyl (C=O) groups excluding carboxylic acids is 2. The molecule has 11 heteroatoms. The first-order valence-electron chi connectivity index (χ1n) is 8.56. The van der Waals surface area contributed by atoms with Crippen LogP contribution in [-0.2, 0) is 19.6 Å². The van der Waals surface area contributed by atoms with Gasteiger partial charge in [0.25, 0.3) is 10.0 Å². The van der Waals surface area contributed by atoms with Gasteiger partial charge in [-0.25, -0.2) is 13.2 Å². The van der Waals surface area contributed by atoms with Crippen LogP contribution in [0.4, 0.5) is 0 Å². The molecule has 3 rings (SSSR count). The van der Waals surface area contributed by atoms with E-state index in [1.165, 1.54) is 4.31 Å². The Balaban J connectivity index is 1.57. The van der Waals surface area contributed by atoms with E-state index >= 15 is 0 Å². The smallest absolute Gasteiger partial charge is 0.371 e. The summed E-state index contributed by atoms with van der Waals surface area (Å²) >= 11 is 0. The Morgan fingerprint density at radius 2 is 1.93 bits per heavy atom. The van der Waals surface area contributed by atoms with E-state index in [2.05, 4.69) is 5.32 Å². The molecule has 1 atom stereocenters. The second kappa shape index (κ2) is 7.31. The van der Waals surface area contributed by atoms with Gasteiger partial charge in [0, 0.05) is 39.0 Å². The van der Waals surface area contributed by atoms with E-state index in [9.17, 15) is 22.8 Å². The quantitative estimate of drug-likeness (QED) is 0.695. The number of nitrogens with zero attached hydrogens (tertiary/aromatic N) is 2. The summed E-state index contributed by atoms with van der Waals surface area (Å²) < 4.78 is 31.2. The molecule has 0 aliphatic carbocycles. The largest absolute Gasteiger partial charge is 0.475 e. The predicted molar refractivity (Wildman–Crippen MR) is 91.3 cm³/mol. The van der Waals surface area contributed by atoms with E-state index in [0.29, 0.717) is 19.4 Å². The van der Waals surface area contributed by atoms with Crippen LogP contribution in [0, 0.1) is 5.92 Å². The number of aromatic carboxylic acids is 1. The van der Waals surface area contributed by atoms with Crippen molar-refractivity contribution >= 4 is 27.8 Å². The molecule has 0 radical (unpaired) electrons. The molecule has 0 bridgehead atoms. The zero-order valence-corrected chi connectivity index (χ0v) is 15.6. The number of carbonyl (C=O) groups is 3. The van der Waals surface area contributed by atoms with Crippen molar-refractivity contribution in [1.29, 1.82) is 0 Å². The van der Waals surface area contributed by atoms with Crippen LogP contribution in [0.1, 0.15) is 29.8 Å². The van der Waals surface area contributed by atoms with E-state index in [1.54, 1.807) is 11.9 Å². The second-order valence-electron chi connectivity index (χ2n) is 6.79. The normalized spacial score (nSPS) is 22.2. The predicted octanol–water partition coefficient (Wildman–Crippen LogP) is -0.275. The van der Waals surface area contributed by atoms with Gasteiger partial charge in [-0.15, -0.1) is 0 Å². The van der Waals surface area contributed by atoms with E-state index in [1.807, 2.05) is 0 Å². The van der Waals surface area contributed by atoms with Crippen LogP contribution in [0.5, 0.6) is 0 Å². The van der Waals surface area contributed by atoms with Gasteiger partial charge in [0.2, 0.25) is 22.7 Å². The average Bonchev–Trinajstić information content (AvgIpc) is 3.23. The highest BCUT2D eigenvalue weighted by molar-refractivity contribution is 7.89. The van der Waals surface area contributed by atoms with E-state index in [-0.39, 0.29) is 43.3 Å². The lowest BCUT2D eigenvalue weighted by atomic mass is 9.97. The molecule has 2 N–H and O–H groups in total. The van der Waals surface area contributed by atoms with Crippen LogP contribution in [0.15, 0.2) is 21.6 Å². The fraction of sp³-hybridized carbons (Fsp3) is 0.562. The molecule has 1 aromatic heterocycles. The third kappa shape index (κ3) is 3.98. The van der Waals surface area contributed by atoms with Gasteiger partial charge in [-0.1, -0.05) is 0 Å². The second-order valence-corrected chi connectivity index (χ2v) is 8.65. The van der Waals surface area contributed by atoms with E-state index < -0.39 is 26.8 Å². The van der Waals surface area contributed by atoms with Crippen molar-refractivity contribution < 1.29 is 32.3 Å². The van der Waals surface area contributed by atoms with Crippen LogP contribution in [0.2, 0.25) is 0 Å². The number of sulfonamides is 1. The maximum Gasteiger partial charge on any atom is 0.371 e. The summed E-state index contributed by atoms with van der Waals surface area (Å²) in [5.74, 6) is -2.31. The van der Waals surface area contributed by atoms with Crippen molar-refractivity contribution in [2.45, 2.75) is 30.4 Å². The van der Waals surface area contributed by atoms with Crippen molar-refractivity contribution in [1.82, 2.24) is 14.5 Å². The van der Waals surface area contributed by atoms with E-state index in [0.717, 1.165) is 12.1 Å². The number of hydrogen-bond donors (Lipinski definition) is 2. The molecule has 2 amide bonds. The Kier molecular flexibility index (Phi) is 5.24. The molecular formula is C16H21N3O7S. The van der Waals surface area contributed by atoms with Gasteiger partial charge in [-0.2, -0.15) is 4.31 Å². The number of piperidine rings is 1. The first-order chi connectivity index (χ1) is 12.7. The molecule has 0 spiro atoms. The lowest BCUT2D eigenvalue weighted by molar-refractivity contribution is -0.126. The molecule has 2 fully saturated rings. The molecule has 1 unspecified atom stereocenters. The summed E-state index contributed by atoms with van der Waals surface area (Å²) in [4.78, 5) is 36.3. The van der Waals surface area contributed by atoms with Gasteiger partial charge in [-0.05, 0) is 25.0 Å². The van der Waals surface area contributed by atoms with Crippen molar-refractivity contribution in [3.63, 3.8) is 0 Å². The first-order valence-corrected chi connectivity index (χ1v) is 10.00. The van der Waals surface area contributed by atoms with Crippen LogP contribution in [0.25, 0.3) is 0 Å². The van der Waals surface area contributed by atoms with Gasteiger partial charge < -0.3 is 19.7 Å². The third-order valence-electron chi connectivity index (χ3n) is 4.90. The van der Waals surface area contributed by atoms with Crippen molar-refractivity contribution in [3.05, 3.63) is 17.9 Å². The minimum atomic E-state index is -3.94. The molecule has 3 heterocycles. The molecule has 2 aliphatic heterocycles. The van der Waals surface area contributed by atoms with Crippen LogP contribution in [-0.4, -0.2) is 73.2 Å². The van der Waals surface area contributed by atoms with Crippen molar-refractivity contribution in [2.75, 3.05) is 26.7 Å². The minimum Gasteiger partial charge on any atom is -0.475 e. The fourth-order valence-corrected chi connectivity index (χ4v) is 4.72. The molecule has 0 aromatic carbocycles. The number of amides is 2. The van der Waals surface area contributed by atoms with Gasteiger partial charge in [0.05, 0.1) is 6.04 Å². The van der Waals surface area contributed by atoms with Crippen LogP contribution >= 0.6 is 0 Å². The molecule has 2 saturated heterocycles. The summed E-state index contributed by atoms with van der Waals surface area (Å²) in [5.41, 5.74) is 0. The highest BCUT2D eigenvalue weighted by Crippen LogP contribution is 2.25. The molecule has 148 valence electrons. The summed E-state index contributed by atoms with van der Waals surface area (Å²) in [5, 5.41) is 11.3. The highest BCUT2D eigenvalue weighted by Gasteiger charge is 2.36.